The predicted molar refractivity (Wildman–Crippen MR) is 69.5 cm³/mol. The molecule has 1 atom stereocenters. The average molecular weight is 223 g/mol. The quantitative estimate of drug-likeness (QED) is 0.714. The zero-order valence-electron chi connectivity index (χ0n) is 10.3. The Morgan fingerprint density at radius 1 is 1.00 bits per heavy atom. The van der Waals surface area contributed by atoms with Crippen LogP contribution in [0.25, 0.3) is 0 Å². The van der Waals surface area contributed by atoms with Crippen LogP contribution in [0.4, 0.5) is 0 Å². The minimum Gasteiger partial charge on any atom is -0.303 e. The van der Waals surface area contributed by atoms with Gasteiger partial charge in [0.2, 0.25) is 0 Å². The molecule has 2 heteroatoms. The fraction of sp³-hybridized carbons (Fsp3) is 0.538. The summed E-state index contributed by atoms with van der Waals surface area (Å²) in [5.41, 5.74) is 1.38. The van der Waals surface area contributed by atoms with Crippen LogP contribution in [-0.4, -0.2) is 24.2 Å². The number of thioether (sulfide) groups is 1. The van der Waals surface area contributed by atoms with E-state index in [0.717, 1.165) is 0 Å². The average Bonchev–Trinajstić information content (AvgIpc) is 2.17. The summed E-state index contributed by atoms with van der Waals surface area (Å²) >= 11 is 1.91. The summed E-state index contributed by atoms with van der Waals surface area (Å²) in [6.07, 6.45) is 0. The first-order chi connectivity index (χ1) is 7.00. The summed E-state index contributed by atoms with van der Waals surface area (Å²) in [5, 5.41) is 0.655. The topological polar surface area (TPSA) is 3.24 Å². The molecule has 15 heavy (non-hydrogen) atoms. The van der Waals surface area contributed by atoms with Gasteiger partial charge < -0.3 is 4.90 Å². The Labute approximate surface area is 97.9 Å². The maximum absolute atomic E-state index is 2.23. The molecule has 0 aromatic heterocycles. The van der Waals surface area contributed by atoms with Gasteiger partial charge in [0, 0.05) is 16.2 Å². The molecule has 0 spiro atoms. The lowest BCUT2D eigenvalue weighted by atomic mass is 10.1. The van der Waals surface area contributed by atoms with Crippen LogP contribution in [0.2, 0.25) is 0 Å². The highest BCUT2D eigenvalue weighted by Gasteiger charge is 2.07. The van der Waals surface area contributed by atoms with Gasteiger partial charge in [-0.2, -0.15) is 0 Å². The molecule has 0 saturated heterocycles. The van der Waals surface area contributed by atoms with Crippen LogP contribution in [0.5, 0.6) is 0 Å². The Hall–Kier alpha value is -0.470. The minimum absolute atomic E-state index is 0.489. The molecule has 0 N–H and O–H groups in total. The van der Waals surface area contributed by atoms with Crippen molar-refractivity contribution in [3.05, 3.63) is 29.8 Å². The lowest BCUT2D eigenvalue weighted by Gasteiger charge is -2.20. The molecule has 0 fully saturated rings. The van der Waals surface area contributed by atoms with Gasteiger partial charge >= 0.3 is 0 Å². The van der Waals surface area contributed by atoms with E-state index in [9.17, 15) is 0 Å². The molecule has 84 valence electrons. The molecule has 1 aromatic rings. The summed E-state index contributed by atoms with van der Waals surface area (Å²) in [6, 6.07) is 9.40. The zero-order valence-corrected chi connectivity index (χ0v) is 11.1. The molecule has 0 amide bonds. The largest absolute Gasteiger partial charge is 0.303 e. The SMILES string of the molecule is CC(C)Sc1ccc(C(C)N(C)C)cc1. The van der Waals surface area contributed by atoms with Crippen molar-refractivity contribution in [2.24, 2.45) is 0 Å². The maximum Gasteiger partial charge on any atom is 0.0313 e. The normalized spacial score (nSPS) is 13.5. The van der Waals surface area contributed by atoms with Crippen molar-refractivity contribution in [3.8, 4) is 0 Å². The van der Waals surface area contributed by atoms with Crippen LogP contribution >= 0.6 is 11.8 Å². The molecular weight excluding hydrogens is 202 g/mol. The third kappa shape index (κ3) is 3.88. The minimum atomic E-state index is 0.489. The molecule has 1 aromatic carbocycles. The molecule has 1 nitrogen and oxygen atoms in total. The summed E-state index contributed by atoms with van der Waals surface area (Å²) < 4.78 is 0. The van der Waals surface area contributed by atoms with E-state index < -0.39 is 0 Å². The van der Waals surface area contributed by atoms with Gasteiger partial charge in [0.15, 0.2) is 0 Å². The van der Waals surface area contributed by atoms with Crippen molar-refractivity contribution in [3.63, 3.8) is 0 Å². The summed E-state index contributed by atoms with van der Waals surface area (Å²) in [6.45, 7) is 6.67. The number of hydrogen-bond acceptors (Lipinski definition) is 2. The van der Waals surface area contributed by atoms with Crippen LogP contribution in [0.15, 0.2) is 29.2 Å². The Kier molecular flexibility index (Phi) is 4.68. The first kappa shape index (κ1) is 12.6. The molecule has 0 bridgehead atoms. The Balaban J connectivity index is 2.72. The van der Waals surface area contributed by atoms with Crippen molar-refractivity contribution in [2.45, 2.75) is 37.0 Å². The third-order valence-electron chi connectivity index (χ3n) is 2.51. The second kappa shape index (κ2) is 5.57. The number of hydrogen-bond donors (Lipinski definition) is 0. The number of rotatable bonds is 4. The Morgan fingerprint density at radius 3 is 1.93 bits per heavy atom. The van der Waals surface area contributed by atoms with E-state index in [1.807, 2.05) is 11.8 Å². The molecular formula is C13H21NS. The van der Waals surface area contributed by atoms with E-state index in [-0.39, 0.29) is 0 Å². The first-order valence-corrected chi connectivity index (χ1v) is 6.31. The van der Waals surface area contributed by atoms with E-state index in [1.54, 1.807) is 0 Å². The first-order valence-electron chi connectivity index (χ1n) is 5.43. The van der Waals surface area contributed by atoms with Gasteiger partial charge in [0.25, 0.3) is 0 Å². The van der Waals surface area contributed by atoms with Gasteiger partial charge in [-0.3, -0.25) is 0 Å². The van der Waals surface area contributed by atoms with Crippen LogP contribution in [0.1, 0.15) is 32.4 Å². The number of nitrogens with zero attached hydrogens (tertiary/aromatic N) is 1. The monoisotopic (exact) mass is 223 g/mol. The lowest BCUT2D eigenvalue weighted by molar-refractivity contribution is 0.321. The zero-order chi connectivity index (χ0) is 11.4. The van der Waals surface area contributed by atoms with Gasteiger partial charge in [-0.25, -0.2) is 0 Å². The van der Waals surface area contributed by atoms with Gasteiger partial charge in [-0.05, 0) is 38.7 Å². The van der Waals surface area contributed by atoms with Gasteiger partial charge in [-0.1, -0.05) is 26.0 Å². The second-order valence-electron chi connectivity index (χ2n) is 4.38. The standard InChI is InChI=1S/C13H21NS/c1-10(2)15-13-8-6-12(7-9-13)11(3)14(4)5/h6-11H,1-5H3. The molecule has 1 rings (SSSR count). The van der Waals surface area contributed by atoms with Crippen molar-refractivity contribution in [1.29, 1.82) is 0 Å². The van der Waals surface area contributed by atoms with Gasteiger partial charge in [-0.15, -0.1) is 11.8 Å². The fourth-order valence-corrected chi connectivity index (χ4v) is 2.23. The molecule has 0 saturated carbocycles. The molecule has 0 radical (unpaired) electrons. The number of benzene rings is 1. The second-order valence-corrected chi connectivity index (χ2v) is 6.03. The van der Waals surface area contributed by atoms with E-state index in [4.69, 9.17) is 0 Å². The molecule has 0 aliphatic carbocycles. The highest BCUT2D eigenvalue weighted by atomic mass is 32.2. The van der Waals surface area contributed by atoms with Crippen molar-refractivity contribution in [1.82, 2.24) is 4.90 Å². The Bertz CT molecular complexity index is 290. The maximum atomic E-state index is 2.23. The summed E-state index contributed by atoms with van der Waals surface area (Å²) in [4.78, 5) is 3.59. The van der Waals surface area contributed by atoms with Gasteiger partial charge in [0.1, 0.15) is 0 Å². The highest BCUT2D eigenvalue weighted by Crippen LogP contribution is 2.25. The Morgan fingerprint density at radius 2 is 1.53 bits per heavy atom. The molecule has 0 aliphatic rings. The smallest absolute Gasteiger partial charge is 0.0313 e. The van der Waals surface area contributed by atoms with Crippen LogP contribution < -0.4 is 0 Å². The van der Waals surface area contributed by atoms with E-state index in [2.05, 4.69) is 64.0 Å². The predicted octanol–water partition coefficient (Wildman–Crippen LogP) is 3.81. The van der Waals surface area contributed by atoms with Crippen LogP contribution in [0, 0.1) is 0 Å². The molecule has 1 unspecified atom stereocenters. The summed E-state index contributed by atoms with van der Waals surface area (Å²) in [7, 11) is 4.23. The van der Waals surface area contributed by atoms with Crippen molar-refractivity contribution >= 4 is 11.8 Å². The lowest BCUT2D eigenvalue weighted by Crippen LogP contribution is -2.16. The summed E-state index contributed by atoms with van der Waals surface area (Å²) in [5.74, 6) is 0. The van der Waals surface area contributed by atoms with Gasteiger partial charge in [0.05, 0.1) is 0 Å². The molecule has 0 heterocycles. The highest BCUT2D eigenvalue weighted by molar-refractivity contribution is 7.99. The molecule has 0 aliphatic heterocycles. The van der Waals surface area contributed by atoms with E-state index in [0.29, 0.717) is 11.3 Å². The van der Waals surface area contributed by atoms with Crippen molar-refractivity contribution in [2.75, 3.05) is 14.1 Å². The van der Waals surface area contributed by atoms with Crippen molar-refractivity contribution < 1.29 is 0 Å². The van der Waals surface area contributed by atoms with E-state index >= 15 is 0 Å². The fourth-order valence-electron chi connectivity index (χ4n) is 1.40. The van der Waals surface area contributed by atoms with Crippen LogP contribution in [0.3, 0.4) is 0 Å². The van der Waals surface area contributed by atoms with Crippen LogP contribution in [-0.2, 0) is 0 Å². The van der Waals surface area contributed by atoms with E-state index in [1.165, 1.54) is 10.5 Å². The third-order valence-corrected chi connectivity index (χ3v) is 3.52.